The second kappa shape index (κ2) is 6.81. The molecule has 0 fully saturated rings. The van der Waals surface area contributed by atoms with Gasteiger partial charge in [-0.15, -0.1) is 0 Å². The molecule has 0 spiro atoms. The van der Waals surface area contributed by atoms with Crippen molar-refractivity contribution in [1.82, 2.24) is 10.3 Å². The van der Waals surface area contributed by atoms with Crippen molar-refractivity contribution in [1.29, 1.82) is 0 Å². The van der Waals surface area contributed by atoms with Gasteiger partial charge in [0.1, 0.15) is 0 Å². The number of pyridine rings is 1. The summed E-state index contributed by atoms with van der Waals surface area (Å²) in [5, 5.41) is 2.71. The molecule has 0 saturated heterocycles. The molecular weight excluding hydrogens is 271 g/mol. The first-order chi connectivity index (χ1) is 10.2. The van der Waals surface area contributed by atoms with E-state index in [4.69, 9.17) is 5.84 Å². The fourth-order valence-corrected chi connectivity index (χ4v) is 2.07. The van der Waals surface area contributed by atoms with E-state index in [1.807, 2.05) is 31.2 Å². The molecule has 6 heteroatoms. The van der Waals surface area contributed by atoms with Crippen molar-refractivity contribution in [3.63, 3.8) is 0 Å². The largest absolute Gasteiger partial charge is 0.348 e. The van der Waals surface area contributed by atoms with E-state index in [2.05, 4.69) is 15.7 Å². The topological polar surface area (TPSA) is 80.0 Å². The van der Waals surface area contributed by atoms with Crippen molar-refractivity contribution >= 4 is 11.7 Å². The number of aryl methyl sites for hydroxylation is 1. The van der Waals surface area contributed by atoms with E-state index in [1.165, 1.54) is 12.3 Å². The van der Waals surface area contributed by atoms with Crippen LogP contribution in [0.15, 0.2) is 36.5 Å². The van der Waals surface area contributed by atoms with E-state index >= 15 is 0 Å². The van der Waals surface area contributed by atoms with Gasteiger partial charge in [0, 0.05) is 12.7 Å². The Bertz CT molecular complexity index is 645. The molecule has 2 aromatic rings. The number of halogens is 1. The van der Waals surface area contributed by atoms with Crippen molar-refractivity contribution < 1.29 is 9.18 Å². The van der Waals surface area contributed by atoms with Crippen LogP contribution in [0.1, 0.15) is 28.4 Å². The van der Waals surface area contributed by atoms with Gasteiger partial charge in [0.25, 0.3) is 5.91 Å². The number of nitrogens with two attached hydrogens (primary N) is 1. The molecule has 0 aliphatic carbocycles. The predicted molar refractivity (Wildman–Crippen MR) is 79.0 cm³/mol. The molecule has 2 rings (SSSR count). The van der Waals surface area contributed by atoms with Crippen LogP contribution in [0, 0.1) is 5.82 Å². The lowest BCUT2D eigenvalue weighted by Crippen LogP contribution is -2.25. The summed E-state index contributed by atoms with van der Waals surface area (Å²) in [7, 11) is 0. The van der Waals surface area contributed by atoms with Crippen LogP contribution in [0.4, 0.5) is 10.2 Å². The average Bonchev–Trinajstić information content (AvgIpc) is 2.53. The number of hydrogen-bond acceptors (Lipinski definition) is 4. The number of anilines is 1. The normalized spacial score (nSPS) is 10.2. The maximum absolute atomic E-state index is 13.9. The number of aromatic nitrogens is 1. The van der Waals surface area contributed by atoms with Crippen molar-refractivity contribution in [3.8, 4) is 0 Å². The van der Waals surface area contributed by atoms with Gasteiger partial charge in [-0.1, -0.05) is 31.2 Å². The molecule has 1 amide bonds. The van der Waals surface area contributed by atoms with Crippen LogP contribution in [0.5, 0.6) is 0 Å². The number of carbonyl (C=O) groups is 1. The number of nitrogen functional groups attached to an aromatic ring is 1. The third-order valence-electron chi connectivity index (χ3n) is 3.21. The minimum atomic E-state index is -0.763. The van der Waals surface area contributed by atoms with Crippen LogP contribution >= 0.6 is 0 Å². The van der Waals surface area contributed by atoms with Crippen molar-refractivity contribution in [3.05, 3.63) is 59.0 Å². The van der Waals surface area contributed by atoms with Crippen molar-refractivity contribution in [2.45, 2.75) is 19.9 Å². The Morgan fingerprint density at radius 3 is 2.67 bits per heavy atom. The maximum Gasteiger partial charge on any atom is 0.254 e. The Hall–Kier alpha value is -2.47. The summed E-state index contributed by atoms with van der Waals surface area (Å²) in [5.74, 6) is 3.72. The second-order valence-electron chi connectivity index (χ2n) is 4.47. The summed E-state index contributed by atoms with van der Waals surface area (Å²) in [5.41, 5.74) is 4.19. The van der Waals surface area contributed by atoms with Crippen LogP contribution < -0.4 is 16.6 Å². The third kappa shape index (κ3) is 3.35. The Morgan fingerprint density at radius 1 is 1.29 bits per heavy atom. The molecule has 110 valence electrons. The van der Waals surface area contributed by atoms with Crippen LogP contribution in [0.2, 0.25) is 0 Å². The number of hydrogen-bond donors (Lipinski definition) is 3. The Labute approximate surface area is 122 Å². The van der Waals surface area contributed by atoms with E-state index in [-0.39, 0.29) is 11.4 Å². The molecule has 0 aliphatic rings. The van der Waals surface area contributed by atoms with Gasteiger partial charge < -0.3 is 10.7 Å². The molecule has 1 aromatic carbocycles. The van der Waals surface area contributed by atoms with E-state index in [0.717, 1.165) is 17.5 Å². The fraction of sp³-hybridized carbons (Fsp3) is 0.200. The highest BCUT2D eigenvalue weighted by molar-refractivity contribution is 5.95. The molecule has 0 aliphatic heterocycles. The summed E-state index contributed by atoms with van der Waals surface area (Å²) in [6.07, 6.45) is 2.20. The van der Waals surface area contributed by atoms with Gasteiger partial charge in [-0.3, -0.25) is 4.79 Å². The second-order valence-corrected chi connectivity index (χ2v) is 4.47. The van der Waals surface area contributed by atoms with E-state index in [0.29, 0.717) is 6.54 Å². The molecule has 0 bridgehead atoms. The molecule has 0 unspecified atom stereocenters. The minimum absolute atomic E-state index is 0.0908. The van der Waals surface area contributed by atoms with Gasteiger partial charge in [-0.2, -0.15) is 0 Å². The number of hydrazine groups is 1. The zero-order valence-corrected chi connectivity index (χ0v) is 11.7. The third-order valence-corrected chi connectivity index (χ3v) is 3.21. The van der Waals surface area contributed by atoms with Gasteiger partial charge in [0.2, 0.25) is 0 Å². The van der Waals surface area contributed by atoms with Crippen molar-refractivity contribution in [2.24, 2.45) is 5.84 Å². The fourth-order valence-electron chi connectivity index (χ4n) is 2.07. The number of benzene rings is 1. The summed E-state index contributed by atoms with van der Waals surface area (Å²) in [4.78, 5) is 15.8. The van der Waals surface area contributed by atoms with E-state index in [1.54, 1.807) is 0 Å². The molecule has 0 saturated carbocycles. The lowest BCUT2D eigenvalue weighted by molar-refractivity contribution is 0.0946. The number of nitrogens with zero attached hydrogens (tertiary/aromatic N) is 1. The first kappa shape index (κ1) is 14.9. The highest BCUT2D eigenvalue weighted by atomic mass is 19.1. The molecule has 0 radical (unpaired) electrons. The number of nitrogens with one attached hydrogen (secondary N) is 2. The van der Waals surface area contributed by atoms with Crippen LogP contribution in [0.25, 0.3) is 0 Å². The molecule has 5 nitrogen and oxygen atoms in total. The first-order valence-electron chi connectivity index (χ1n) is 6.63. The lowest BCUT2D eigenvalue weighted by Gasteiger charge is -2.10. The van der Waals surface area contributed by atoms with Crippen LogP contribution in [-0.2, 0) is 13.0 Å². The average molecular weight is 288 g/mol. The maximum atomic E-state index is 13.9. The molecule has 4 N–H and O–H groups in total. The monoisotopic (exact) mass is 288 g/mol. The van der Waals surface area contributed by atoms with E-state index < -0.39 is 11.7 Å². The standard InChI is InChI=1S/C15H17FN4O/c1-2-10-5-3-4-6-11(10)9-19-15(21)12-7-8-18-14(20-17)13(12)16/h3-8H,2,9,17H2,1H3,(H,18,20)(H,19,21). The van der Waals surface area contributed by atoms with Gasteiger partial charge >= 0.3 is 0 Å². The smallest absolute Gasteiger partial charge is 0.254 e. The summed E-state index contributed by atoms with van der Waals surface area (Å²) >= 11 is 0. The molecule has 21 heavy (non-hydrogen) atoms. The highest BCUT2D eigenvalue weighted by Gasteiger charge is 2.15. The Kier molecular flexibility index (Phi) is 4.84. The Balaban J connectivity index is 2.12. The van der Waals surface area contributed by atoms with Gasteiger partial charge in [-0.25, -0.2) is 15.2 Å². The summed E-state index contributed by atoms with van der Waals surface area (Å²) in [6, 6.07) is 9.12. The SMILES string of the molecule is CCc1ccccc1CNC(=O)c1ccnc(NN)c1F. The van der Waals surface area contributed by atoms with Crippen LogP contribution in [-0.4, -0.2) is 10.9 Å². The van der Waals surface area contributed by atoms with Gasteiger partial charge in [0.05, 0.1) is 5.56 Å². The van der Waals surface area contributed by atoms with Crippen molar-refractivity contribution in [2.75, 3.05) is 5.43 Å². The summed E-state index contributed by atoms with van der Waals surface area (Å²) < 4.78 is 13.9. The molecule has 1 aromatic heterocycles. The molecule has 0 atom stereocenters. The Morgan fingerprint density at radius 2 is 2.00 bits per heavy atom. The highest BCUT2D eigenvalue weighted by Crippen LogP contribution is 2.14. The van der Waals surface area contributed by atoms with Gasteiger partial charge in [-0.05, 0) is 23.6 Å². The summed E-state index contributed by atoms with van der Waals surface area (Å²) in [6.45, 7) is 2.39. The quantitative estimate of drug-likeness (QED) is 0.580. The van der Waals surface area contributed by atoms with Gasteiger partial charge in [0.15, 0.2) is 11.6 Å². The minimum Gasteiger partial charge on any atom is -0.348 e. The first-order valence-corrected chi connectivity index (χ1v) is 6.63. The number of carbonyl (C=O) groups excluding carboxylic acids is 1. The lowest BCUT2D eigenvalue weighted by atomic mass is 10.1. The van der Waals surface area contributed by atoms with Crippen LogP contribution in [0.3, 0.4) is 0 Å². The zero-order valence-electron chi connectivity index (χ0n) is 11.7. The predicted octanol–water partition coefficient (Wildman–Crippen LogP) is 2.00. The zero-order chi connectivity index (χ0) is 15.2. The molecule has 1 heterocycles. The number of amides is 1. The van der Waals surface area contributed by atoms with E-state index in [9.17, 15) is 9.18 Å². The number of rotatable bonds is 5. The molecular formula is C15H17FN4O.